The number of hydrogen-bond acceptors (Lipinski definition) is 3. The maximum atomic E-state index is 5.69. The SMILES string of the molecule is CC(C)NCc1ccoc1CN1CCCCCCC1. The minimum Gasteiger partial charge on any atom is -0.468 e. The average molecular weight is 264 g/mol. The summed E-state index contributed by atoms with van der Waals surface area (Å²) in [6.07, 6.45) is 8.68. The van der Waals surface area contributed by atoms with E-state index in [1.54, 1.807) is 0 Å². The second kappa shape index (κ2) is 7.71. The van der Waals surface area contributed by atoms with Gasteiger partial charge < -0.3 is 9.73 Å². The van der Waals surface area contributed by atoms with Gasteiger partial charge in [0.15, 0.2) is 0 Å². The van der Waals surface area contributed by atoms with Crippen molar-refractivity contribution in [3.05, 3.63) is 23.7 Å². The molecule has 3 heteroatoms. The van der Waals surface area contributed by atoms with Gasteiger partial charge in [-0.3, -0.25) is 4.90 Å². The van der Waals surface area contributed by atoms with Gasteiger partial charge in [0, 0.05) is 18.2 Å². The Hall–Kier alpha value is -0.800. The molecule has 1 fully saturated rings. The van der Waals surface area contributed by atoms with Crippen LogP contribution in [0.25, 0.3) is 0 Å². The van der Waals surface area contributed by atoms with E-state index < -0.39 is 0 Å². The van der Waals surface area contributed by atoms with Crippen LogP contribution in [0.1, 0.15) is 57.3 Å². The zero-order valence-electron chi connectivity index (χ0n) is 12.5. The van der Waals surface area contributed by atoms with Gasteiger partial charge in [0.05, 0.1) is 12.8 Å². The third kappa shape index (κ3) is 5.00. The van der Waals surface area contributed by atoms with E-state index in [0.29, 0.717) is 6.04 Å². The van der Waals surface area contributed by atoms with E-state index in [4.69, 9.17) is 4.42 Å². The van der Waals surface area contributed by atoms with Crippen LogP contribution < -0.4 is 5.32 Å². The highest BCUT2D eigenvalue weighted by Crippen LogP contribution is 2.17. The quantitative estimate of drug-likeness (QED) is 0.881. The fourth-order valence-electron chi connectivity index (χ4n) is 2.65. The lowest BCUT2D eigenvalue weighted by molar-refractivity contribution is 0.221. The van der Waals surface area contributed by atoms with Crippen molar-refractivity contribution in [3.63, 3.8) is 0 Å². The first kappa shape index (κ1) is 14.6. The van der Waals surface area contributed by atoms with Gasteiger partial charge >= 0.3 is 0 Å². The summed E-state index contributed by atoms with van der Waals surface area (Å²) in [6, 6.07) is 2.62. The maximum absolute atomic E-state index is 5.69. The lowest BCUT2D eigenvalue weighted by atomic mass is 10.1. The molecule has 0 atom stereocenters. The molecule has 0 amide bonds. The van der Waals surface area contributed by atoms with Gasteiger partial charge in [0.25, 0.3) is 0 Å². The van der Waals surface area contributed by atoms with E-state index in [1.807, 2.05) is 6.26 Å². The van der Waals surface area contributed by atoms with Crippen molar-refractivity contribution < 1.29 is 4.42 Å². The Bertz CT molecular complexity index is 351. The monoisotopic (exact) mass is 264 g/mol. The van der Waals surface area contributed by atoms with Crippen LogP contribution in [0.5, 0.6) is 0 Å². The Balaban J connectivity index is 1.88. The lowest BCUT2D eigenvalue weighted by Crippen LogP contribution is -2.28. The van der Waals surface area contributed by atoms with Gasteiger partial charge in [-0.25, -0.2) is 0 Å². The Morgan fingerprint density at radius 3 is 2.53 bits per heavy atom. The number of likely N-dealkylation sites (tertiary alicyclic amines) is 1. The van der Waals surface area contributed by atoms with E-state index in [1.165, 1.54) is 50.8 Å². The second-order valence-corrected chi connectivity index (χ2v) is 5.95. The Labute approximate surface area is 117 Å². The van der Waals surface area contributed by atoms with Gasteiger partial charge in [-0.2, -0.15) is 0 Å². The Morgan fingerprint density at radius 1 is 1.16 bits per heavy atom. The topological polar surface area (TPSA) is 28.4 Å². The second-order valence-electron chi connectivity index (χ2n) is 5.95. The van der Waals surface area contributed by atoms with Crippen molar-refractivity contribution in [2.45, 2.75) is 65.1 Å². The summed E-state index contributed by atoms with van der Waals surface area (Å²) < 4.78 is 5.69. The highest BCUT2D eigenvalue weighted by molar-refractivity contribution is 5.16. The van der Waals surface area contributed by atoms with Crippen LogP contribution in [0, 0.1) is 0 Å². The third-order valence-corrected chi connectivity index (χ3v) is 3.85. The third-order valence-electron chi connectivity index (χ3n) is 3.85. The molecular formula is C16H28N2O. The predicted molar refractivity (Wildman–Crippen MR) is 79.0 cm³/mol. The summed E-state index contributed by atoms with van der Waals surface area (Å²) in [6.45, 7) is 8.69. The van der Waals surface area contributed by atoms with Crippen molar-refractivity contribution in [3.8, 4) is 0 Å². The number of hydrogen-bond donors (Lipinski definition) is 1. The molecule has 19 heavy (non-hydrogen) atoms. The first-order valence-corrected chi connectivity index (χ1v) is 7.76. The fourth-order valence-corrected chi connectivity index (χ4v) is 2.65. The van der Waals surface area contributed by atoms with Crippen molar-refractivity contribution in [2.75, 3.05) is 13.1 Å². The standard InChI is InChI=1S/C16H28N2O/c1-14(2)17-12-15-8-11-19-16(15)13-18-9-6-4-3-5-7-10-18/h8,11,14,17H,3-7,9-10,12-13H2,1-2H3. The molecular weight excluding hydrogens is 236 g/mol. The van der Waals surface area contributed by atoms with Crippen LogP contribution in [-0.4, -0.2) is 24.0 Å². The zero-order chi connectivity index (χ0) is 13.5. The predicted octanol–water partition coefficient (Wildman–Crippen LogP) is 3.54. The van der Waals surface area contributed by atoms with Gasteiger partial charge in [-0.1, -0.05) is 33.1 Å². The van der Waals surface area contributed by atoms with Gasteiger partial charge in [0.2, 0.25) is 0 Å². The molecule has 108 valence electrons. The number of nitrogens with zero attached hydrogens (tertiary/aromatic N) is 1. The molecule has 0 bridgehead atoms. The van der Waals surface area contributed by atoms with Crippen molar-refractivity contribution in [1.82, 2.24) is 10.2 Å². The fraction of sp³-hybridized carbons (Fsp3) is 0.750. The van der Waals surface area contributed by atoms with Crippen molar-refractivity contribution in [2.24, 2.45) is 0 Å². The van der Waals surface area contributed by atoms with Gasteiger partial charge in [0.1, 0.15) is 5.76 Å². The summed E-state index contributed by atoms with van der Waals surface area (Å²) in [5, 5.41) is 3.47. The van der Waals surface area contributed by atoms with Crippen LogP contribution in [-0.2, 0) is 13.1 Å². The molecule has 1 N–H and O–H groups in total. The first-order valence-electron chi connectivity index (χ1n) is 7.76. The largest absolute Gasteiger partial charge is 0.468 e. The summed E-state index contributed by atoms with van der Waals surface area (Å²) >= 11 is 0. The molecule has 0 radical (unpaired) electrons. The van der Waals surface area contributed by atoms with E-state index >= 15 is 0 Å². The van der Waals surface area contributed by atoms with Crippen LogP contribution in [0.2, 0.25) is 0 Å². The molecule has 0 saturated carbocycles. The molecule has 0 spiro atoms. The normalized spacial score (nSPS) is 18.5. The summed E-state index contributed by atoms with van der Waals surface area (Å²) in [5.41, 5.74) is 1.32. The van der Waals surface area contributed by atoms with E-state index in [2.05, 4.69) is 30.1 Å². The minimum absolute atomic E-state index is 0.518. The minimum atomic E-state index is 0.518. The zero-order valence-corrected chi connectivity index (χ0v) is 12.5. The number of rotatable bonds is 5. The van der Waals surface area contributed by atoms with Crippen molar-refractivity contribution >= 4 is 0 Å². The van der Waals surface area contributed by atoms with Crippen molar-refractivity contribution in [1.29, 1.82) is 0 Å². The first-order chi connectivity index (χ1) is 9.25. The molecule has 1 aromatic rings. The van der Waals surface area contributed by atoms with Crippen LogP contribution in [0.4, 0.5) is 0 Å². The number of furan rings is 1. The van der Waals surface area contributed by atoms with Gasteiger partial charge in [-0.05, 0) is 32.0 Å². The molecule has 0 aliphatic carbocycles. The molecule has 2 rings (SSSR count). The van der Waals surface area contributed by atoms with E-state index in [-0.39, 0.29) is 0 Å². The van der Waals surface area contributed by atoms with E-state index in [0.717, 1.165) is 18.8 Å². The van der Waals surface area contributed by atoms with E-state index in [9.17, 15) is 0 Å². The molecule has 2 heterocycles. The maximum Gasteiger partial charge on any atom is 0.122 e. The van der Waals surface area contributed by atoms with Crippen LogP contribution >= 0.6 is 0 Å². The molecule has 1 aromatic heterocycles. The summed E-state index contributed by atoms with van der Waals surface area (Å²) in [7, 11) is 0. The Morgan fingerprint density at radius 2 is 1.84 bits per heavy atom. The average Bonchev–Trinajstić information content (AvgIpc) is 2.77. The Kier molecular flexibility index (Phi) is 5.93. The highest BCUT2D eigenvalue weighted by Gasteiger charge is 2.13. The molecule has 1 saturated heterocycles. The molecule has 1 aliphatic heterocycles. The number of nitrogens with one attached hydrogen (secondary N) is 1. The van der Waals surface area contributed by atoms with Gasteiger partial charge in [-0.15, -0.1) is 0 Å². The molecule has 1 aliphatic rings. The van der Waals surface area contributed by atoms with Crippen LogP contribution in [0.15, 0.2) is 16.7 Å². The lowest BCUT2D eigenvalue weighted by Gasteiger charge is -2.24. The molecule has 0 unspecified atom stereocenters. The summed E-state index contributed by atoms with van der Waals surface area (Å²) in [4.78, 5) is 2.55. The summed E-state index contributed by atoms with van der Waals surface area (Å²) in [5.74, 6) is 1.15. The smallest absolute Gasteiger partial charge is 0.122 e. The molecule has 3 nitrogen and oxygen atoms in total. The van der Waals surface area contributed by atoms with Crippen LogP contribution in [0.3, 0.4) is 0 Å². The highest BCUT2D eigenvalue weighted by atomic mass is 16.3. The molecule has 0 aromatic carbocycles.